The molecule has 0 bridgehead atoms. The number of aromatic nitrogens is 4. The third kappa shape index (κ3) is 5.09. The fraction of sp³-hybridized carbons (Fsp3) is 0.435. The Balaban J connectivity index is 1.42. The monoisotopic (exact) mass is 452 g/mol. The van der Waals surface area contributed by atoms with Crippen LogP contribution in [0.15, 0.2) is 40.0 Å². The summed E-state index contributed by atoms with van der Waals surface area (Å²) in [5.74, 6) is 3.47. The zero-order chi connectivity index (χ0) is 22.7. The summed E-state index contributed by atoms with van der Waals surface area (Å²) in [6.07, 6.45) is 1.72. The maximum atomic E-state index is 13.3. The lowest BCUT2D eigenvalue weighted by Crippen LogP contribution is -2.49. The van der Waals surface area contributed by atoms with Crippen LogP contribution >= 0.6 is 11.8 Å². The molecule has 3 aromatic heterocycles. The van der Waals surface area contributed by atoms with Gasteiger partial charge in [0, 0.05) is 61.9 Å². The summed E-state index contributed by atoms with van der Waals surface area (Å²) in [7, 11) is 0. The van der Waals surface area contributed by atoms with Crippen LogP contribution in [0.25, 0.3) is 0 Å². The summed E-state index contributed by atoms with van der Waals surface area (Å²) in [4.78, 5) is 31.1. The molecule has 0 aliphatic carbocycles. The average molecular weight is 453 g/mol. The molecule has 0 spiro atoms. The highest BCUT2D eigenvalue weighted by Crippen LogP contribution is 2.26. The Morgan fingerprint density at radius 2 is 1.94 bits per heavy atom. The predicted molar refractivity (Wildman–Crippen MR) is 124 cm³/mol. The second-order valence-corrected chi connectivity index (χ2v) is 9.20. The van der Waals surface area contributed by atoms with Gasteiger partial charge in [0.25, 0.3) is 5.91 Å². The van der Waals surface area contributed by atoms with Crippen LogP contribution in [0.2, 0.25) is 0 Å². The van der Waals surface area contributed by atoms with Gasteiger partial charge < -0.3 is 14.3 Å². The number of hydrogen-bond donors (Lipinski definition) is 0. The smallest absolute Gasteiger partial charge is 0.256 e. The number of carbonyl (C=O) groups is 1. The van der Waals surface area contributed by atoms with E-state index in [1.807, 2.05) is 43.0 Å². The lowest BCUT2D eigenvalue weighted by Gasteiger charge is -2.35. The van der Waals surface area contributed by atoms with Gasteiger partial charge in [-0.3, -0.25) is 4.79 Å². The number of hydrogen-bond acceptors (Lipinski definition) is 8. The summed E-state index contributed by atoms with van der Waals surface area (Å²) in [6, 6.07) is 7.58. The average Bonchev–Trinajstić information content (AvgIpc) is 3.22. The number of carbonyl (C=O) groups excluding carboxylic acids is 1. The lowest BCUT2D eigenvalue weighted by molar-refractivity contribution is 0.0742. The number of thioether (sulfide) groups is 1. The van der Waals surface area contributed by atoms with E-state index >= 15 is 0 Å². The first-order valence-electron chi connectivity index (χ1n) is 10.8. The van der Waals surface area contributed by atoms with E-state index in [1.54, 1.807) is 6.20 Å². The van der Waals surface area contributed by atoms with Crippen molar-refractivity contribution in [3.05, 3.63) is 59.0 Å². The molecule has 8 nitrogen and oxygen atoms in total. The molecule has 0 aromatic carbocycles. The van der Waals surface area contributed by atoms with Crippen molar-refractivity contribution in [1.82, 2.24) is 25.0 Å². The number of anilines is 1. The summed E-state index contributed by atoms with van der Waals surface area (Å²) >= 11 is 1.50. The van der Waals surface area contributed by atoms with Crippen LogP contribution in [0.1, 0.15) is 53.1 Å². The largest absolute Gasteiger partial charge is 0.361 e. The number of pyridine rings is 1. The fourth-order valence-corrected chi connectivity index (χ4v) is 4.47. The van der Waals surface area contributed by atoms with Crippen LogP contribution in [0, 0.1) is 13.8 Å². The Morgan fingerprint density at radius 3 is 2.62 bits per heavy atom. The van der Waals surface area contributed by atoms with Crippen LogP contribution in [0.4, 0.5) is 5.82 Å². The quantitative estimate of drug-likeness (QED) is 0.521. The van der Waals surface area contributed by atoms with Gasteiger partial charge in [0.2, 0.25) is 0 Å². The Bertz CT molecular complexity index is 1090. The zero-order valence-corrected chi connectivity index (χ0v) is 19.7. The predicted octanol–water partition coefficient (Wildman–Crippen LogP) is 3.85. The summed E-state index contributed by atoms with van der Waals surface area (Å²) in [5, 5.41) is 4.74. The van der Waals surface area contributed by atoms with E-state index in [2.05, 4.69) is 33.9 Å². The minimum Gasteiger partial charge on any atom is -0.361 e. The molecule has 32 heavy (non-hydrogen) atoms. The van der Waals surface area contributed by atoms with Gasteiger partial charge in [-0.2, -0.15) is 0 Å². The van der Waals surface area contributed by atoms with Gasteiger partial charge in [-0.15, -0.1) is 0 Å². The number of amides is 1. The third-order valence-electron chi connectivity index (χ3n) is 5.30. The Hall–Kier alpha value is -2.94. The van der Waals surface area contributed by atoms with Gasteiger partial charge in [-0.1, -0.05) is 30.8 Å². The SMILES string of the molecule is Cc1cc(N2CCN(C(=O)c3cccnc3SCc3cc(C)on3)CC2)nc(C(C)C)n1. The molecule has 4 rings (SSSR count). The Kier molecular flexibility index (Phi) is 6.74. The number of piperazine rings is 1. The molecule has 1 aliphatic rings. The first-order chi connectivity index (χ1) is 15.4. The molecule has 0 atom stereocenters. The van der Waals surface area contributed by atoms with Gasteiger partial charge in [0.1, 0.15) is 22.4 Å². The number of rotatable bonds is 6. The highest BCUT2D eigenvalue weighted by molar-refractivity contribution is 7.98. The zero-order valence-electron chi connectivity index (χ0n) is 18.9. The highest BCUT2D eigenvalue weighted by Gasteiger charge is 2.25. The molecule has 0 N–H and O–H groups in total. The van der Waals surface area contributed by atoms with Crippen LogP contribution in [0.3, 0.4) is 0 Å². The van der Waals surface area contributed by atoms with E-state index in [1.165, 1.54) is 11.8 Å². The second kappa shape index (κ2) is 9.68. The Labute approximate surface area is 192 Å². The van der Waals surface area contributed by atoms with Crippen molar-refractivity contribution in [3.8, 4) is 0 Å². The van der Waals surface area contributed by atoms with Gasteiger partial charge in [0.15, 0.2) is 0 Å². The summed E-state index contributed by atoms with van der Waals surface area (Å²) in [5.41, 5.74) is 2.44. The summed E-state index contributed by atoms with van der Waals surface area (Å²) < 4.78 is 5.13. The molecule has 1 aliphatic heterocycles. The first-order valence-corrected chi connectivity index (χ1v) is 11.8. The molecule has 1 amide bonds. The fourth-order valence-electron chi connectivity index (χ4n) is 3.60. The number of nitrogens with zero attached hydrogens (tertiary/aromatic N) is 6. The van der Waals surface area contributed by atoms with Crippen LogP contribution < -0.4 is 4.90 Å². The van der Waals surface area contributed by atoms with Crippen molar-refractivity contribution in [2.45, 2.75) is 44.4 Å². The molecule has 0 saturated carbocycles. The minimum absolute atomic E-state index is 0.0123. The van der Waals surface area contributed by atoms with Crippen LogP contribution in [-0.2, 0) is 5.75 Å². The van der Waals surface area contributed by atoms with Crippen molar-refractivity contribution in [3.63, 3.8) is 0 Å². The van der Waals surface area contributed by atoms with Crippen molar-refractivity contribution in [2.75, 3.05) is 31.1 Å². The normalized spacial score (nSPS) is 14.3. The van der Waals surface area contributed by atoms with E-state index in [9.17, 15) is 4.79 Å². The minimum atomic E-state index is 0.0123. The third-order valence-corrected chi connectivity index (χ3v) is 6.34. The molecule has 4 heterocycles. The van der Waals surface area contributed by atoms with Crippen LogP contribution in [0.5, 0.6) is 0 Å². The summed E-state index contributed by atoms with van der Waals surface area (Å²) in [6.45, 7) is 10.8. The van der Waals surface area contributed by atoms with Crippen molar-refractivity contribution in [2.24, 2.45) is 0 Å². The molecular formula is C23H28N6O2S. The van der Waals surface area contributed by atoms with Gasteiger partial charge in [-0.05, 0) is 26.0 Å². The topological polar surface area (TPSA) is 88.2 Å². The standard InChI is InChI=1S/C23H28N6O2S/c1-15(2)21-25-16(3)12-20(26-21)28-8-10-29(11-9-28)23(30)19-6-5-7-24-22(19)32-14-18-13-17(4)31-27-18/h5-7,12-13,15H,8-11,14H2,1-4H3. The molecule has 9 heteroatoms. The van der Waals surface area contributed by atoms with E-state index in [0.29, 0.717) is 29.4 Å². The van der Waals surface area contributed by atoms with Gasteiger partial charge >= 0.3 is 0 Å². The molecular weight excluding hydrogens is 424 g/mol. The molecule has 0 radical (unpaired) electrons. The van der Waals surface area contributed by atoms with Crippen molar-refractivity contribution >= 4 is 23.5 Å². The molecule has 1 saturated heterocycles. The molecule has 3 aromatic rings. The molecule has 168 valence electrons. The van der Waals surface area contributed by atoms with Crippen molar-refractivity contribution in [1.29, 1.82) is 0 Å². The van der Waals surface area contributed by atoms with Crippen LogP contribution in [-0.4, -0.2) is 57.1 Å². The molecule has 1 fully saturated rings. The van der Waals surface area contributed by atoms with E-state index < -0.39 is 0 Å². The van der Waals surface area contributed by atoms with Gasteiger partial charge in [0.05, 0.1) is 11.3 Å². The lowest BCUT2D eigenvalue weighted by atomic mass is 10.2. The highest BCUT2D eigenvalue weighted by atomic mass is 32.2. The maximum absolute atomic E-state index is 13.3. The number of aryl methyl sites for hydroxylation is 2. The maximum Gasteiger partial charge on any atom is 0.256 e. The Morgan fingerprint density at radius 1 is 1.16 bits per heavy atom. The molecule has 0 unspecified atom stereocenters. The van der Waals surface area contributed by atoms with Crippen molar-refractivity contribution < 1.29 is 9.32 Å². The van der Waals surface area contributed by atoms with E-state index in [-0.39, 0.29) is 11.8 Å². The van der Waals surface area contributed by atoms with E-state index in [0.717, 1.165) is 41.9 Å². The first kappa shape index (κ1) is 22.3. The van der Waals surface area contributed by atoms with Gasteiger partial charge in [-0.25, -0.2) is 15.0 Å². The second-order valence-electron chi connectivity index (χ2n) is 8.23. The van der Waals surface area contributed by atoms with E-state index in [4.69, 9.17) is 9.51 Å².